The molecule has 0 heterocycles. The summed E-state index contributed by atoms with van der Waals surface area (Å²) in [7, 11) is 0. The van der Waals surface area contributed by atoms with E-state index in [0.717, 1.165) is 6.42 Å². The lowest BCUT2D eigenvalue weighted by Crippen LogP contribution is -2.39. The van der Waals surface area contributed by atoms with E-state index in [1.165, 1.54) is 0 Å². The van der Waals surface area contributed by atoms with Crippen LogP contribution in [0, 0.1) is 0 Å². The maximum absolute atomic E-state index is 11.0. The lowest BCUT2D eigenvalue weighted by atomic mass is 10.2. The first kappa shape index (κ1) is 13.4. The van der Waals surface area contributed by atoms with Gasteiger partial charge in [0.25, 0.3) is 0 Å². The van der Waals surface area contributed by atoms with Gasteiger partial charge in [0.05, 0.1) is 0 Å². The molecule has 0 atom stereocenters. The number of carbonyl (C=O) groups excluding carboxylic acids is 2. The Labute approximate surface area is 88.0 Å². The van der Waals surface area contributed by atoms with Gasteiger partial charge in [0.15, 0.2) is 0 Å². The summed E-state index contributed by atoms with van der Waals surface area (Å²) < 4.78 is 0. The lowest BCUT2D eigenvalue weighted by molar-refractivity contribution is -0.137. The molecule has 0 aromatic rings. The van der Waals surface area contributed by atoms with Gasteiger partial charge in [-0.1, -0.05) is 6.92 Å². The van der Waals surface area contributed by atoms with E-state index in [1.54, 1.807) is 0 Å². The summed E-state index contributed by atoms with van der Waals surface area (Å²) >= 11 is 0. The van der Waals surface area contributed by atoms with Crippen molar-refractivity contribution in [1.29, 1.82) is 0 Å². The summed E-state index contributed by atoms with van der Waals surface area (Å²) in [4.78, 5) is 32.1. The summed E-state index contributed by atoms with van der Waals surface area (Å²) in [6, 6.07) is -0.530. The standard InChI is InChI=1S/C9H16N2O4/c1-2-6-10-9(15)11-7(12)4-3-5-8(13)14/h2-6H2,1H3,(H,13,14)(H2,10,11,12,15). The van der Waals surface area contributed by atoms with Gasteiger partial charge in [-0.2, -0.15) is 0 Å². The first-order chi connectivity index (χ1) is 7.06. The molecule has 0 bridgehead atoms. The van der Waals surface area contributed by atoms with Crippen LogP contribution in [0.1, 0.15) is 32.6 Å². The van der Waals surface area contributed by atoms with Crippen molar-refractivity contribution in [2.24, 2.45) is 0 Å². The van der Waals surface area contributed by atoms with E-state index in [1.807, 2.05) is 6.92 Å². The van der Waals surface area contributed by atoms with Crippen molar-refractivity contribution in [3.63, 3.8) is 0 Å². The molecule has 6 heteroatoms. The van der Waals surface area contributed by atoms with Gasteiger partial charge in [0.1, 0.15) is 0 Å². The fourth-order valence-corrected chi connectivity index (χ4v) is 0.872. The molecule has 0 rings (SSSR count). The Balaban J connectivity index is 3.55. The predicted molar refractivity (Wildman–Crippen MR) is 53.3 cm³/mol. The molecular formula is C9H16N2O4. The van der Waals surface area contributed by atoms with Crippen LogP contribution in [0.25, 0.3) is 0 Å². The summed E-state index contributed by atoms with van der Waals surface area (Å²) in [5.41, 5.74) is 0. The van der Waals surface area contributed by atoms with Crippen LogP contribution >= 0.6 is 0 Å². The zero-order chi connectivity index (χ0) is 11.7. The van der Waals surface area contributed by atoms with Gasteiger partial charge in [0.2, 0.25) is 5.91 Å². The monoisotopic (exact) mass is 216 g/mol. The van der Waals surface area contributed by atoms with Crippen LogP contribution in [0.2, 0.25) is 0 Å². The Morgan fingerprint density at radius 1 is 1.20 bits per heavy atom. The zero-order valence-corrected chi connectivity index (χ0v) is 8.71. The Morgan fingerprint density at radius 2 is 1.87 bits per heavy atom. The maximum atomic E-state index is 11.0. The van der Waals surface area contributed by atoms with Crippen molar-refractivity contribution in [2.45, 2.75) is 32.6 Å². The number of urea groups is 1. The van der Waals surface area contributed by atoms with Crippen molar-refractivity contribution in [2.75, 3.05) is 6.54 Å². The molecule has 0 aliphatic carbocycles. The number of rotatable bonds is 6. The average Bonchev–Trinajstić information content (AvgIpc) is 2.14. The lowest BCUT2D eigenvalue weighted by Gasteiger charge is -2.04. The smallest absolute Gasteiger partial charge is 0.321 e. The van der Waals surface area contributed by atoms with E-state index in [-0.39, 0.29) is 19.3 Å². The van der Waals surface area contributed by atoms with Crippen LogP contribution in [0.5, 0.6) is 0 Å². The van der Waals surface area contributed by atoms with Crippen LogP contribution in [-0.4, -0.2) is 29.6 Å². The quantitative estimate of drug-likeness (QED) is 0.601. The number of carboxylic acid groups (broad SMARTS) is 1. The number of carboxylic acids is 1. The minimum absolute atomic E-state index is 0.0475. The predicted octanol–water partition coefficient (Wildman–Crippen LogP) is 0.477. The third kappa shape index (κ3) is 8.73. The van der Waals surface area contributed by atoms with Gasteiger partial charge in [-0.05, 0) is 12.8 Å². The van der Waals surface area contributed by atoms with Crippen LogP contribution in [0.3, 0.4) is 0 Å². The van der Waals surface area contributed by atoms with Crippen molar-refractivity contribution in [3.05, 3.63) is 0 Å². The third-order valence-corrected chi connectivity index (χ3v) is 1.58. The minimum Gasteiger partial charge on any atom is -0.481 e. The molecule has 0 unspecified atom stereocenters. The molecule has 6 nitrogen and oxygen atoms in total. The molecule has 0 aromatic heterocycles. The van der Waals surface area contributed by atoms with E-state index in [0.29, 0.717) is 6.54 Å². The second kappa shape index (κ2) is 7.78. The number of hydrogen-bond acceptors (Lipinski definition) is 3. The van der Waals surface area contributed by atoms with Crippen molar-refractivity contribution in [1.82, 2.24) is 10.6 Å². The molecule has 3 amide bonds. The molecule has 0 spiro atoms. The van der Waals surface area contributed by atoms with Gasteiger partial charge < -0.3 is 10.4 Å². The molecule has 0 saturated heterocycles. The second-order valence-corrected chi connectivity index (χ2v) is 3.05. The molecule has 0 aliphatic rings. The van der Waals surface area contributed by atoms with Crippen molar-refractivity contribution < 1.29 is 19.5 Å². The SMILES string of the molecule is CCCNC(=O)NC(=O)CCCC(=O)O. The Hall–Kier alpha value is -1.59. The number of carbonyl (C=O) groups is 3. The summed E-state index contributed by atoms with van der Waals surface area (Å²) in [5.74, 6) is -1.40. The van der Waals surface area contributed by atoms with Crippen molar-refractivity contribution in [3.8, 4) is 0 Å². The highest BCUT2D eigenvalue weighted by molar-refractivity contribution is 5.94. The molecule has 15 heavy (non-hydrogen) atoms. The molecule has 3 N–H and O–H groups in total. The number of nitrogens with one attached hydrogen (secondary N) is 2. The average molecular weight is 216 g/mol. The van der Waals surface area contributed by atoms with E-state index in [4.69, 9.17) is 5.11 Å². The van der Waals surface area contributed by atoms with Crippen LogP contribution in [-0.2, 0) is 9.59 Å². The highest BCUT2D eigenvalue weighted by Crippen LogP contribution is 1.94. The normalized spacial score (nSPS) is 9.40. The summed E-state index contributed by atoms with van der Waals surface area (Å²) in [5, 5.41) is 12.9. The number of hydrogen-bond donors (Lipinski definition) is 3. The van der Waals surface area contributed by atoms with E-state index >= 15 is 0 Å². The molecule has 0 saturated carbocycles. The Kier molecular flexibility index (Phi) is 6.96. The highest BCUT2D eigenvalue weighted by Gasteiger charge is 2.07. The molecule has 86 valence electrons. The fraction of sp³-hybridized carbons (Fsp3) is 0.667. The minimum atomic E-state index is -0.946. The summed E-state index contributed by atoms with van der Waals surface area (Å²) in [6.45, 7) is 2.41. The number of amides is 3. The van der Waals surface area contributed by atoms with Crippen LogP contribution < -0.4 is 10.6 Å². The fourth-order valence-electron chi connectivity index (χ4n) is 0.872. The maximum Gasteiger partial charge on any atom is 0.321 e. The van der Waals surface area contributed by atoms with Crippen molar-refractivity contribution >= 4 is 17.9 Å². The van der Waals surface area contributed by atoms with E-state index < -0.39 is 17.9 Å². The summed E-state index contributed by atoms with van der Waals surface area (Å²) in [6.07, 6.45) is 1.01. The van der Waals surface area contributed by atoms with Gasteiger partial charge in [-0.25, -0.2) is 4.79 Å². The van der Waals surface area contributed by atoms with Crippen LogP contribution in [0.4, 0.5) is 4.79 Å². The van der Waals surface area contributed by atoms with E-state index in [9.17, 15) is 14.4 Å². The van der Waals surface area contributed by atoms with Gasteiger partial charge in [0, 0.05) is 19.4 Å². The van der Waals surface area contributed by atoms with Gasteiger partial charge >= 0.3 is 12.0 Å². The highest BCUT2D eigenvalue weighted by atomic mass is 16.4. The van der Waals surface area contributed by atoms with E-state index in [2.05, 4.69) is 10.6 Å². The van der Waals surface area contributed by atoms with Gasteiger partial charge in [-0.3, -0.25) is 14.9 Å². The van der Waals surface area contributed by atoms with Gasteiger partial charge in [-0.15, -0.1) is 0 Å². The first-order valence-corrected chi connectivity index (χ1v) is 4.85. The Morgan fingerprint density at radius 3 is 2.40 bits per heavy atom. The largest absolute Gasteiger partial charge is 0.481 e. The Bertz CT molecular complexity index is 240. The molecule has 0 fully saturated rings. The third-order valence-electron chi connectivity index (χ3n) is 1.58. The molecule has 0 radical (unpaired) electrons. The van der Waals surface area contributed by atoms with Crippen LogP contribution in [0.15, 0.2) is 0 Å². The zero-order valence-electron chi connectivity index (χ0n) is 8.71. The molecule has 0 aliphatic heterocycles. The first-order valence-electron chi connectivity index (χ1n) is 4.85. The topological polar surface area (TPSA) is 95.5 Å². The number of aliphatic carboxylic acids is 1. The molecular weight excluding hydrogens is 200 g/mol. The molecule has 0 aromatic carbocycles. The second-order valence-electron chi connectivity index (χ2n) is 3.05. The number of imide groups is 1.